The van der Waals surface area contributed by atoms with Crippen LogP contribution in [0.1, 0.15) is 27.9 Å². The number of rotatable bonds is 7. The maximum absolute atomic E-state index is 12.4. The predicted octanol–water partition coefficient (Wildman–Crippen LogP) is 3.77. The molecular formula is C23H23N3O2. The molecule has 0 fully saturated rings. The van der Waals surface area contributed by atoms with E-state index in [2.05, 4.69) is 10.6 Å². The first-order valence-electron chi connectivity index (χ1n) is 9.16. The molecule has 0 aromatic heterocycles. The third-order valence-electron chi connectivity index (χ3n) is 4.30. The molecular weight excluding hydrogens is 350 g/mol. The standard InChI is InChI=1S/C23H23N3O2/c24-20-10-4-8-17(14-20)12-13-22(27)26-21-11-5-9-19(15-21)23(28)25-16-18-6-2-1-3-7-18/h1-11,14-15H,12-13,16,24H2,(H,25,28)(H,26,27). The second-order valence-corrected chi connectivity index (χ2v) is 6.54. The van der Waals surface area contributed by atoms with E-state index in [1.807, 2.05) is 54.6 Å². The van der Waals surface area contributed by atoms with Gasteiger partial charge in [-0.1, -0.05) is 48.5 Å². The van der Waals surface area contributed by atoms with Gasteiger partial charge in [-0.2, -0.15) is 0 Å². The van der Waals surface area contributed by atoms with Crippen molar-refractivity contribution in [3.63, 3.8) is 0 Å². The Morgan fingerprint density at radius 2 is 1.57 bits per heavy atom. The van der Waals surface area contributed by atoms with Gasteiger partial charge in [0.05, 0.1) is 0 Å². The summed E-state index contributed by atoms with van der Waals surface area (Å²) in [4.78, 5) is 24.6. The summed E-state index contributed by atoms with van der Waals surface area (Å²) in [7, 11) is 0. The Morgan fingerprint density at radius 1 is 0.821 bits per heavy atom. The minimum absolute atomic E-state index is 0.107. The number of amides is 2. The minimum atomic E-state index is -0.181. The molecule has 0 heterocycles. The third-order valence-corrected chi connectivity index (χ3v) is 4.30. The molecule has 2 amide bonds. The molecule has 3 aromatic rings. The minimum Gasteiger partial charge on any atom is -0.399 e. The molecule has 3 rings (SSSR count). The molecule has 142 valence electrons. The molecule has 0 unspecified atom stereocenters. The van der Waals surface area contributed by atoms with Crippen molar-refractivity contribution < 1.29 is 9.59 Å². The van der Waals surface area contributed by atoms with Crippen LogP contribution in [0, 0.1) is 0 Å². The summed E-state index contributed by atoms with van der Waals surface area (Å²) in [5.41, 5.74) is 9.60. The highest BCUT2D eigenvalue weighted by molar-refractivity contribution is 5.97. The molecule has 0 saturated heterocycles. The van der Waals surface area contributed by atoms with Gasteiger partial charge < -0.3 is 16.4 Å². The molecule has 3 aromatic carbocycles. The average molecular weight is 373 g/mol. The van der Waals surface area contributed by atoms with Crippen LogP contribution in [0.15, 0.2) is 78.9 Å². The molecule has 0 aliphatic rings. The summed E-state index contributed by atoms with van der Waals surface area (Å²) in [5, 5.41) is 5.73. The Hall–Kier alpha value is -3.60. The highest BCUT2D eigenvalue weighted by Crippen LogP contribution is 2.13. The number of aryl methyl sites for hydroxylation is 1. The summed E-state index contributed by atoms with van der Waals surface area (Å²) < 4.78 is 0. The Labute approximate surface area is 164 Å². The second kappa shape index (κ2) is 9.37. The van der Waals surface area contributed by atoms with Crippen molar-refractivity contribution in [3.8, 4) is 0 Å². The molecule has 0 spiro atoms. The van der Waals surface area contributed by atoms with Gasteiger partial charge in [-0.25, -0.2) is 0 Å². The SMILES string of the molecule is Nc1cccc(CCC(=O)Nc2cccc(C(=O)NCc3ccccc3)c2)c1. The lowest BCUT2D eigenvalue weighted by atomic mass is 10.1. The van der Waals surface area contributed by atoms with Crippen LogP contribution in [0.3, 0.4) is 0 Å². The van der Waals surface area contributed by atoms with Gasteiger partial charge in [0.2, 0.25) is 5.91 Å². The maximum atomic E-state index is 12.4. The number of carbonyl (C=O) groups is 2. The van der Waals surface area contributed by atoms with E-state index in [1.54, 1.807) is 24.3 Å². The van der Waals surface area contributed by atoms with E-state index in [1.165, 1.54) is 0 Å². The fourth-order valence-electron chi connectivity index (χ4n) is 2.85. The fourth-order valence-corrected chi connectivity index (χ4v) is 2.85. The molecule has 0 saturated carbocycles. The molecule has 5 nitrogen and oxygen atoms in total. The van der Waals surface area contributed by atoms with Crippen molar-refractivity contribution in [3.05, 3.63) is 95.6 Å². The summed E-state index contributed by atoms with van der Waals surface area (Å²) >= 11 is 0. The lowest BCUT2D eigenvalue weighted by Crippen LogP contribution is -2.23. The number of nitrogens with one attached hydrogen (secondary N) is 2. The van der Waals surface area contributed by atoms with E-state index in [0.717, 1.165) is 11.1 Å². The monoisotopic (exact) mass is 373 g/mol. The zero-order valence-corrected chi connectivity index (χ0v) is 15.5. The van der Waals surface area contributed by atoms with E-state index >= 15 is 0 Å². The van der Waals surface area contributed by atoms with E-state index in [-0.39, 0.29) is 11.8 Å². The van der Waals surface area contributed by atoms with Gasteiger partial charge in [0.15, 0.2) is 0 Å². The fraction of sp³-hybridized carbons (Fsp3) is 0.130. The van der Waals surface area contributed by atoms with Gasteiger partial charge in [-0.05, 0) is 47.9 Å². The zero-order chi connectivity index (χ0) is 19.8. The first kappa shape index (κ1) is 19.2. The van der Waals surface area contributed by atoms with Crippen molar-refractivity contribution in [2.45, 2.75) is 19.4 Å². The molecule has 0 atom stereocenters. The number of carbonyl (C=O) groups excluding carboxylic acids is 2. The normalized spacial score (nSPS) is 10.3. The summed E-state index contributed by atoms with van der Waals surface area (Å²) in [6.07, 6.45) is 0.946. The topological polar surface area (TPSA) is 84.2 Å². The van der Waals surface area contributed by atoms with Crippen molar-refractivity contribution in [1.29, 1.82) is 0 Å². The Morgan fingerprint density at radius 3 is 2.36 bits per heavy atom. The first-order valence-corrected chi connectivity index (χ1v) is 9.16. The molecule has 0 radical (unpaired) electrons. The second-order valence-electron chi connectivity index (χ2n) is 6.54. The van der Waals surface area contributed by atoms with Gasteiger partial charge in [-0.15, -0.1) is 0 Å². The predicted molar refractivity (Wildman–Crippen MR) is 112 cm³/mol. The summed E-state index contributed by atoms with van der Waals surface area (Å²) in [5.74, 6) is -0.288. The highest BCUT2D eigenvalue weighted by Gasteiger charge is 2.08. The van der Waals surface area contributed by atoms with E-state index in [4.69, 9.17) is 5.73 Å². The van der Waals surface area contributed by atoms with Crippen LogP contribution in [0.25, 0.3) is 0 Å². The number of benzene rings is 3. The smallest absolute Gasteiger partial charge is 0.251 e. The molecule has 28 heavy (non-hydrogen) atoms. The molecule has 0 aliphatic carbocycles. The number of anilines is 2. The van der Waals surface area contributed by atoms with Crippen LogP contribution in [0.5, 0.6) is 0 Å². The van der Waals surface area contributed by atoms with Crippen molar-refractivity contribution in [2.75, 3.05) is 11.1 Å². The lowest BCUT2D eigenvalue weighted by Gasteiger charge is -2.09. The van der Waals surface area contributed by atoms with Crippen LogP contribution in [-0.4, -0.2) is 11.8 Å². The number of nitrogens with two attached hydrogens (primary N) is 1. The highest BCUT2D eigenvalue weighted by atomic mass is 16.2. The Bertz CT molecular complexity index is 955. The molecule has 4 N–H and O–H groups in total. The van der Waals surface area contributed by atoms with Crippen molar-refractivity contribution in [2.24, 2.45) is 0 Å². The van der Waals surface area contributed by atoms with Crippen LogP contribution >= 0.6 is 0 Å². The van der Waals surface area contributed by atoms with Gasteiger partial charge >= 0.3 is 0 Å². The third kappa shape index (κ3) is 5.71. The van der Waals surface area contributed by atoms with Gasteiger partial charge in [0, 0.05) is 29.9 Å². The van der Waals surface area contributed by atoms with Crippen LogP contribution < -0.4 is 16.4 Å². The largest absolute Gasteiger partial charge is 0.399 e. The summed E-state index contributed by atoms with van der Waals surface area (Å²) in [6.45, 7) is 0.455. The number of nitrogen functional groups attached to an aromatic ring is 1. The van der Waals surface area contributed by atoms with Crippen LogP contribution in [0.4, 0.5) is 11.4 Å². The van der Waals surface area contributed by atoms with Gasteiger partial charge in [-0.3, -0.25) is 9.59 Å². The first-order chi connectivity index (χ1) is 13.6. The quantitative estimate of drug-likeness (QED) is 0.551. The Balaban J connectivity index is 1.53. The average Bonchev–Trinajstić information content (AvgIpc) is 2.71. The van der Waals surface area contributed by atoms with E-state index in [9.17, 15) is 9.59 Å². The summed E-state index contributed by atoms with van der Waals surface area (Å²) in [6, 6.07) is 24.1. The van der Waals surface area contributed by atoms with Crippen molar-refractivity contribution in [1.82, 2.24) is 5.32 Å². The number of hydrogen-bond donors (Lipinski definition) is 3. The maximum Gasteiger partial charge on any atom is 0.251 e. The molecule has 5 heteroatoms. The van der Waals surface area contributed by atoms with E-state index < -0.39 is 0 Å². The van der Waals surface area contributed by atoms with E-state index in [0.29, 0.717) is 36.3 Å². The molecule has 0 bridgehead atoms. The number of hydrogen-bond acceptors (Lipinski definition) is 3. The van der Waals surface area contributed by atoms with Crippen LogP contribution in [-0.2, 0) is 17.8 Å². The van der Waals surface area contributed by atoms with Crippen molar-refractivity contribution >= 4 is 23.2 Å². The van der Waals surface area contributed by atoms with Crippen LogP contribution in [0.2, 0.25) is 0 Å². The lowest BCUT2D eigenvalue weighted by molar-refractivity contribution is -0.116. The zero-order valence-electron chi connectivity index (χ0n) is 15.5. The molecule has 0 aliphatic heterocycles. The Kier molecular flexibility index (Phi) is 6.41. The van der Waals surface area contributed by atoms with Gasteiger partial charge in [0.25, 0.3) is 5.91 Å². The van der Waals surface area contributed by atoms with Gasteiger partial charge in [0.1, 0.15) is 0 Å².